The fourth-order valence-corrected chi connectivity index (χ4v) is 2.45. The highest BCUT2D eigenvalue weighted by Gasteiger charge is 2.25. The van der Waals surface area contributed by atoms with Gasteiger partial charge >= 0.3 is 6.09 Å². The molecule has 2 aromatic rings. The molecule has 0 unspecified atom stereocenters. The summed E-state index contributed by atoms with van der Waals surface area (Å²) in [5.41, 5.74) is 1.31. The summed E-state index contributed by atoms with van der Waals surface area (Å²) in [5.74, 6) is -0.297. The molecule has 0 aliphatic rings. The number of aromatic amines is 1. The number of allylic oxidation sites excluding steroid dienone is 1. The first-order valence-electron chi connectivity index (χ1n) is 8.26. The molecule has 0 bridgehead atoms. The minimum Gasteiger partial charge on any atom is -0.444 e. The van der Waals surface area contributed by atoms with E-state index in [1.54, 1.807) is 40.0 Å². The SMILES string of the molecule is C/C=C/NC(=O)[C@H](Cc1c[nH]c2ccccc12)NC(=O)OC(C)(C)C. The molecule has 6 heteroatoms. The molecule has 25 heavy (non-hydrogen) atoms. The Bertz CT molecular complexity index is 772. The largest absolute Gasteiger partial charge is 0.444 e. The fourth-order valence-electron chi connectivity index (χ4n) is 2.45. The van der Waals surface area contributed by atoms with Crippen LogP contribution in [0.3, 0.4) is 0 Å². The first-order valence-corrected chi connectivity index (χ1v) is 8.26. The van der Waals surface area contributed by atoms with Crippen molar-refractivity contribution < 1.29 is 14.3 Å². The van der Waals surface area contributed by atoms with Crippen LogP contribution in [-0.2, 0) is 16.0 Å². The van der Waals surface area contributed by atoms with Crippen LogP contribution in [0.2, 0.25) is 0 Å². The van der Waals surface area contributed by atoms with E-state index in [0.29, 0.717) is 6.42 Å². The lowest BCUT2D eigenvalue weighted by atomic mass is 10.0. The summed E-state index contributed by atoms with van der Waals surface area (Å²) in [6.45, 7) is 7.14. The van der Waals surface area contributed by atoms with Crippen LogP contribution in [0.25, 0.3) is 10.9 Å². The average Bonchev–Trinajstić information content (AvgIpc) is 2.93. The molecule has 1 aromatic carbocycles. The van der Waals surface area contributed by atoms with Gasteiger partial charge in [-0.2, -0.15) is 0 Å². The Morgan fingerprint density at radius 1 is 1.28 bits per heavy atom. The number of H-pyrrole nitrogens is 1. The molecule has 1 atom stereocenters. The Morgan fingerprint density at radius 2 is 2.00 bits per heavy atom. The van der Waals surface area contributed by atoms with Crippen molar-refractivity contribution in [1.82, 2.24) is 15.6 Å². The molecule has 1 aromatic heterocycles. The smallest absolute Gasteiger partial charge is 0.408 e. The zero-order valence-electron chi connectivity index (χ0n) is 15.1. The predicted octanol–water partition coefficient (Wildman–Crippen LogP) is 3.25. The fraction of sp³-hybridized carbons (Fsp3) is 0.368. The number of hydrogen-bond acceptors (Lipinski definition) is 3. The van der Waals surface area contributed by atoms with Crippen molar-refractivity contribution >= 4 is 22.9 Å². The number of fused-ring (bicyclic) bond motifs is 1. The zero-order chi connectivity index (χ0) is 18.4. The van der Waals surface area contributed by atoms with Gasteiger partial charge in [0.05, 0.1) is 0 Å². The van der Waals surface area contributed by atoms with E-state index in [4.69, 9.17) is 4.74 Å². The van der Waals surface area contributed by atoms with Gasteiger partial charge in [-0.25, -0.2) is 4.79 Å². The van der Waals surface area contributed by atoms with Gasteiger partial charge in [0, 0.05) is 23.5 Å². The Hall–Kier alpha value is -2.76. The molecular formula is C19H25N3O3. The third kappa shape index (κ3) is 5.38. The monoisotopic (exact) mass is 343 g/mol. The summed E-state index contributed by atoms with van der Waals surface area (Å²) < 4.78 is 5.27. The van der Waals surface area contributed by atoms with Gasteiger partial charge in [0.2, 0.25) is 5.91 Å². The second-order valence-corrected chi connectivity index (χ2v) is 6.77. The Morgan fingerprint density at radius 3 is 2.68 bits per heavy atom. The van der Waals surface area contributed by atoms with Gasteiger partial charge in [-0.15, -0.1) is 0 Å². The molecular weight excluding hydrogens is 318 g/mol. The quantitative estimate of drug-likeness (QED) is 0.779. The van der Waals surface area contributed by atoms with Gasteiger partial charge in [-0.1, -0.05) is 24.3 Å². The Labute approximate surface area is 147 Å². The number of ether oxygens (including phenoxy) is 1. The lowest BCUT2D eigenvalue weighted by Gasteiger charge is -2.23. The summed E-state index contributed by atoms with van der Waals surface area (Å²) in [5, 5.41) is 6.35. The highest BCUT2D eigenvalue weighted by atomic mass is 16.6. The van der Waals surface area contributed by atoms with Gasteiger partial charge in [-0.3, -0.25) is 4.79 Å². The lowest BCUT2D eigenvalue weighted by molar-refractivity contribution is -0.122. The van der Waals surface area contributed by atoms with Crippen molar-refractivity contribution in [1.29, 1.82) is 0 Å². The minimum atomic E-state index is -0.745. The van der Waals surface area contributed by atoms with Gasteiger partial charge in [0.15, 0.2) is 0 Å². The van der Waals surface area contributed by atoms with Crippen LogP contribution in [0.5, 0.6) is 0 Å². The van der Waals surface area contributed by atoms with E-state index in [0.717, 1.165) is 16.5 Å². The molecule has 0 radical (unpaired) electrons. The number of benzene rings is 1. The van der Waals surface area contributed by atoms with E-state index in [1.807, 2.05) is 30.5 Å². The number of carbonyl (C=O) groups is 2. The van der Waals surface area contributed by atoms with Crippen molar-refractivity contribution in [2.45, 2.75) is 45.8 Å². The summed E-state index contributed by atoms with van der Waals surface area (Å²) in [7, 11) is 0. The van der Waals surface area contributed by atoms with Gasteiger partial charge < -0.3 is 20.4 Å². The summed E-state index contributed by atoms with van der Waals surface area (Å²) in [6, 6.07) is 7.09. The second kappa shape index (κ2) is 7.88. The Kier molecular flexibility index (Phi) is 5.85. The number of hydrogen-bond donors (Lipinski definition) is 3. The molecule has 0 spiro atoms. The normalized spacial score (nSPS) is 13.0. The maximum Gasteiger partial charge on any atom is 0.408 e. The molecule has 0 aliphatic heterocycles. The topological polar surface area (TPSA) is 83.2 Å². The van der Waals surface area contributed by atoms with Crippen molar-refractivity contribution in [2.24, 2.45) is 0 Å². The van der Waals surface area contributed by atoms with E-state index in [-0.39, 0.29) is 5.91 Å². The van der Waals surface area contributed by atoms with E-state index < -0.39 is 17.7 Å². The number of rotatable bonds is 5. The molecule has 6 nitrogen and oxygen atoms in total. The third-order valence-corrected chi connectivity index (χ3v) is 3.50. The number of nitrogens with one attached hydrogen (secondary N) is 3. The molecule has 2 amide bonds. The molecule has 0 aliphatic carbocycles. The van der Waals surface area contributed by atoms with Crippen molar-refractivity contribution in [3.05, 3.63) is 48.3 Å². The minimum absolute atomic E-state index is 0.297. The first-order chi connectivity index (χ1) is 11.8. The second-order valence-electron chi connectivity index (χ2n) is 6.77. The standard InChI is InChI=1S/C19H25N3O3/c1-5-10-20-17(23)16(22-18(24)25-19(2,3)4)11-13-12-21-15-9-7-6-8-14(13)15/h5-10,12,16,21H,11H2,1-4H3,(H,20,23)(H,22,24)/b10-5+/t16-/m0/s1. The average molecular weight is 343 g/mol. The molecule has 3 N–H and O–H groups in total. The van der Waals surface area contributed by atoms with Crippen LogP contribution in [0.4, 0.5) is 4.79 Å². The van der Waals surface area contributed by atoms with Crippen LogP contribution in [0.15, 0.2) is 42.7 Å². The highest BCUT2D eigenvalue weighted by Crippen LogP contribution is 2.19. The summed E-state index contributed by atoms with van der Waals surface area (Å²) in [6.07, 6.45) is 4.85. The first kappa shape index (κ1) is 18.6. The lowest BCUT2D eigenvalue weighted by Crippen LogP contribution is -2.48. The molecule has 0 saturated heterocycles. The number of carbonyl (C=O) groups excluding carboxylic acids is 2. The van der Waals surface area contributed by atoms with Gasteiger partial charge in [-0.05, 0) is 45.5 Å². The van der Waals surface area contributed by atoms with Crippen LogP contribution < -0.4 is 10.6 Å². The van der Waals surface area contributed by atoms with Crippen LogP contribution in [0.1, 0.15) is 33.3 Å². The highest BCUT2D eigenvalue weighted by molar-refractivity contribution is 5.88. The van der Waals surface area contributed by atoms with E-state index >= 15 is 0 Å². The van der Waals surface area contributed by atoms with E-state index in [2.05, 4.69) is 15.6 Å². The van der Waals surface area contributed by atoms with Crippen LogP contribution in [0, 0.1) is 0 Å². The zero-order valence-corrected chi connectivity index (χ0v) is 15.1. The predicted molar refractivity (Wildman–Crippen MR) is 98.1 cm³/mol. The van der Waals surface area contributed by atoms with Crippen molar-refractivity contribution in [2.75, 3.05) is 0 Å². The summed E-state index contributed by atoms with van der Waals surface area (Å²) >= 11 is 0. The van der Waals surface area contributed by atoms with Crippen molar-refractivity contribution in [3.8, 4) is 0 Å². The molecule has 2 rings (SSSR count). The summed E-state index contributed by atoms with van der Waals surface area (Å²) in [4.78, 5) is 27.7. The van der Waals surface area contributed by atoms with E-state index in [9.17, 15) is 9.59 Å². The number of alkyl carbamates (subject to hydrolysis) is 1. The molecule has 134 valence electrons. The van der Waals surface area contributed by atoms with Crippen LogP contribution >= 0.6 is 0 Å². The van der Waals surface area contributed by atoms with Crippen LogP contribution in [-0.4, -0.2) is 28.6 Å². The Balaban J connectivity index is 2.19. The number of para-hydroxylation sites is 1. The number of amides is 2. The van der Waals surface area contributed by atoms with Crippen molar-refractivity contribution in [3.63, 3.8) is 0 Å². The molecule has 1 heterocycles. The number of aromatic nitrogens is 1. The van der Waals surface area contributed by atoms with Gasteiger partial charge in [0.25, 0.3) is 0 Å². The molecule has 0 saturated carbocycles. The van der Waals surface area contributed by atoms with E-state index in [1.165, 1.54) is 0 Å². The third-order valence-electron chi connectivity index (χ3n) is 3.50. The van der Waals surface area contributed by atoms with Gasteiger partial charge in [0.1, 0.15) is 11.6 Å². The maximum absolute atomic E-state index is 12.4. The maximum atomic E-state index is 12.4. The molecule has 0 fully saturated rings.